The van der Waals surface area contributed by atoms with Crippen LogP contribution in [0, 0.1) is 11.3 Å². The highest BCUT2D eigenvalue weighted by Gasteiger charge is 2.44. The summed E-state index contributed by atoms with van der Waals surface area (Å²) in [4.78, 5) is 0. The standard InChI is InChI=1S/C8H13IOS/c9-11-10-6-8-3-1-7(5-8)2-4-8/h7H,1-6H2. The van der Waals surface area contributed by atoms with Gasteiger partial charge in [-0.1, -0.05) is 0 Å². The molecule has 0 aromatic heterocycles. The molecule has 2 rings (SSSR count). The number of fused-ring (bicyclic) bond motifs is 2. The molecule has 0 spiro atoms. The predicted molar refractivity (Wildman–Crippen MR) is 56.6 cm³/mol. The molecule has 64 valence electrons. The van der Waals surface area contributed by atoms with E-state index in [0.29, 0.717) is 5.41 Å². The molecule has 2 aliphatic rings. The summed E-state index contributed by atoms with van der Waals surface area (Å²) in [6.45, 7) is 0.997. The topological polar surface area (TPSA) is 9.23 Å². The number of hydrogen-bond acceptors (Lipinski definition) is 2. The van der Waals surface area contributed by atoms with Crippen molar-refractivity contribution in [1.29, 1.82) is 0 Å². The molecule has 0 amide bonds. The highest BCUT2D eigenvalue weighted by Crippen LogP contribution is 2.54. The Hall–Kier alpha value is 1.04. The third kappa shape index (κ3) is 1.70. The second-order valence-electron chi connectivity index (χ2n) is 3.97. The maximum absolute atomic E-state index is 5.44. The molecule has 2 saturated carbocycles. The van der Waals surface area contributed by atoms with Crippen LogP contribution in [0.4, 0.5) is 0 Å². The van der Waals surface area contributed by atoms with Gasteiger partial charge >= 0.3 is 0 Å². The van der Waals surface area contributed by atoms with Gasteiger partial charge in [-0.15, -0.1) is 0 Å². The van der Waals surface area contributed by atoms with Crippen LogP contribution in [-0.2, 0) is 4.18 Å². The van der Waals surface area contributed by atoms with Crippen LogP contribution in [-0.4, -0.2) is 6.61 Å². The van der Waals surface area contributed by atoms with Gasteiger partial charge in [0.2, 0.25) is 0 Å². The van der Waals surface area contributed by atoms with Gasteiger partial charge in [0, 0.05) is 21.2 Å². The normalized spacial score (nSPS) is 41.7. The minimum Gasteiger partial charge on any atom is -0.305 e. The summed E-state index contributed by atoms with van der Waals surface area (Å²) >= 11 is 2.20. The van der Waals surface area contributed by atoms with Crippen molar-refractivity contribution in [3.63, 3.8) is 0 Å². The van der Waals surface area contributed by atoms with Crippen LogP contribution >= 0.6 is 30.4 Å². The molecule has 0 aromatic rings. The Kier molecular flexibility index (Phi) is 2.68. The van der Waals surface area contributed by atoms with Gasteiger partial charge in [0.25, 0.3) is 0 Å². The first kappa shape index (κ1) is 8.63. The van der Waals surface area contributed by atoms with Crippen molar-refractivity contribution in [3.8, 4) is 0 Å². The second-order valence-corrected chi connectivity index (χ2v) is 5.41. The molecule has 0 N–H and O–H groups in total. The largest absolute Gasteiger partial charge is 0.305 e. The van der Waals surface area contributed by atoms with Gasteiger partial charge < -0.3 is 4.18 Å². The minimum absolute atomic E-state index is 0.614. The van der Waals surface area contributed by atoms with E-state index in [2.05, 4.69) is 21.2 Å². The van der Waals surface area contributed by atoms with Crippen molar-refractivity contribution in [3.05, 3.63) is 0 Å². The lowest BCUT2D eigenvalue weighted by atomic mass is 9.85. The zero-order valence-electron chi connectivity index (χ0n) is 6.51. The average Bonchev–Trinajstić information content (AvgIpc) is 2.60. The molecule has 2 aliphatic carbocycles. The molecular weight excluding hydrogens is 271 g/mol. The van der Waals surface area contributed by atoms with Crippen molar-refractivity contribution in [2.24, 2.45) is 11.3 Å². The molecule has 0 aliphatic heterocycles. The first-order chi connectivity index (χ1) is 5.35. The highest BCUT2D eigenvalue weighted by molar-refractivity contribution is 14.2. The monoisotopic (exact) mass is 284 g/mol. The third-order valence-electron chi connectivity index (χ3n) is 3.30. The molecule has 0 heterocycles. The number of halogens is 1. The first-order valence-electron chi connectivity index (χ1n) is 4.25. The zero-order valence-corrected chi connectivity index (χ0v) is 9.49. The van der Waals surface area contributed by atoms with Crippen LogP contribution in [0.1, 0.15) is 32.1 Å². The van der Waals surface area contributed by atoms with Gasteiger partial charge in [-0.05, 0) is 43.4 Å². The number of hydrogen-bond donors (Lipinski definition) is 0. The molecule has 0 atom stereocenters. The van der Waals surface area contributed by atoms with E-state index < -0.39 is 0 Å². The van der Waals surface area contributed by atoms with Crippen LogP contribution in [0.15, 0.2) is 0 Å². The molecule has 11 heavy (non-hydrogen) atoms. The summed E-state index contributed by atoms with van der Waals surface area (Å²) in [6, 6.07) is 0. The lowest BCUT2D eigenvalue weighted by Crippen LogP contribution is -2.19. The van der Waals surface area contributed by atoms with Crippen LogP contribution in [0.2, 0.25) is 0 Å². The Morgan fingerprint density at radius 3 is 2.64 bits per heavy atom. The van der Waals surface area contributed by atoms with Gasteiger partial charge in [0.15, 0.2) is 0 Å². The summed E-state index contributed by atoms with van der Waals surface area (Å²) in [5.74, 6) is 1.05. The average molecular weight is 284 g/mol. The first-order valence-corrected chi connectivity index (χ1v) is 7.53. The zero-order chi connectivity index (χ0) is 7.73. The Morgan fingerprint density at radius 2 is 2.18 bits per heavy atom. The Labute approximate surface area is 84.4 Å². The maximum atomic E-state index is 5.44. The summed E-state index contributed by atoms with van der Waals surface area (Å²) in [7, 11) is 1.49. The molecule has 2 bridgehead atoms. The van der Waals surface area contributed by atoms with Gasteiger partial charge in [-0.3, -0.25) is 0 Å². The summed E-state index contributed by atoms with van der Waals surface area (Å²) in [5, 5.41) is 0. The van der Waals surface area contributed by atoms with E-state index in [1.807, 2.05) is 0 Å². The van der Waals surface area contributed by atoms with Crippen molar-refractivity contribution >= 4 is 30.4 Å². The maximum Gasteiger partial charge on any atom is 0.0679 e. The fourth-order valence-corrected chi connectivity index (χ4v) is 3.34. The smallest absolute Gasteiger partial charge is 0.0679 e. The predicted octanol–water partition coefficient (Wildman–Crippen LogP) is 3.58. The van der Waals surface area contributed by atoms with Crippen molar-refractivity contribution in [1.82, 2.24) is 0 Å². The van der Waals surface area contributed by atoms with E-state index in [0.717, 1.165) is 12.5 Å². The van der Waals surface area contributed by atoms with E-state index in [9.17, 15) is 0 Å². The van der Waals surface area contributed by atoms with E-state index in [1.165, 1.54) is 41.3 Å². The van der Waals surface area contributed by atoms with Crippen LogP contribution in [0.3, 0.4) is 0 Å². The van der Waals surface area contributed by atoms with E-state index in [-0.39, 0.29) is 0 Å². The molecule has 0 aromatic carbocycles. The van der Waals surface area contributed by atoms with Crippen molar-refractivity contribution in [2.75, 3.05) is 6.61 Å². The van der Waals surface area contributed by atoms with Gasteiger partial charge in [-0.2, -0.15) is 0 Å². The lowest BCUT2D eigenvalue weighted by Gasteiger charge is -2.24. The molecule has 2 fully saturated rings. The van der Waals surface area contributed by atoms with E-state index >= 15 is 0 Å². The summed E-state index contributed by atoms with van der Waals surface area (Å²) in [5.41, 5.74) is 0.614. The minimum atomic E-state index is 0.614. The Morgan fingerprint density at radius 1 is 1.45 bits per heavy atom. The molecule has 0 saturated heterocycles. The van der Waals surface area contributed by atoms with Gasteiger partial charge in [0.1, 0.15) is 0 Å². The van der Waals surface area contributed by atoms with Gasteiger partial charge in [-0.25, -0.2) is 0 Å². The molecular formula is C8H13IOS. The van der Waals surface area contributed by atoms with Crippen molar-refractivity contribution in [2.45, 2.75) is 32.1 Å². The summed E-state index contributed by atoms with van der Waals surface area (Å²) < 4.78 is 5.44. The van der Waals surface area contributed by atoms with Crippen LogP contribution in [0.25, 0.3) is 0 Å². The van der Waals surface area contributed by atoms with Crippen LogP contribution < -0.4 is 0 Å². The Balaban J connectivity index is 1.89. The fourth-order valence-electron chi connectivity index (χ4n) is 2.66. The second kappa shape index (κ2) is 3.42. The quantitative estimate of drug-likeness (QED) is 0.578. The summed E-state index contributed by atoms with van der Waals surface area (Å²) in [6.07, 6.45) is 7.23. The molecule has 1 nitrogen and oxygen atoms in total. The SMILES string of the molecule is ISOCC12CCC(CC1)C2. The molecule has 3 heteroatoms. The van der Waals surface area contributed by atoms with E-state index in [4.69, 9.17) is 4.18 Å². The Bertz CT molecular complexity index is 143. The molecule has 0 radical (unpaired) electrons. The van der Waals surface area contributed by atoms with E-state index in [1.54, 1.807) is 0 Å². The number of rotatable bonds is 3. The van der Waals surface area contributed by atoms with Gasteiger partial charge in [0.05, 0.1) is 15.8 Å². The fraction of sp³-hybridized carbons (Fsp3) is 1.00. The lowest BCUT2D eigenvalue weighted by molar-refractivity contribution is 0.175. The highest BCUT2D eigenvalue weighted by atomic mass is 127. The van der Waals surface area contributed by atoms with Crippen LogP contribution in [0.5, 0.6) is 0 Å². The molecule has 0 unspecified atom stereocenters. The third-order valence-corrected chi connectivity index (χ3v) is 4.27. The van der Waals surface area contributed by atoms with Crippen molar-refractivity contribution < 1.29 is 4.18 Å².